The zero-order valence-electron chi connectivity index (χ0n) is 10.5. The summed E-state index contributed by atoms with van der Waals surface area (Å²) in [6.07, 6.45) is 5.03. The predicted molar refractivity (Wildman–Crippen MR) is 69.2 cm³/mol. The van der Waals surface area contributed by atoms with E-state index in [1.807, 2.05) is 24.3 Å². The zero-order chi connectivity index (χ0) is 13.0. The number of carboxylic acid groups (broad SMARTS) is 1. The summed E-state index contributed by atoms with van der Waals surface area (Å²) in [6, 6.07) is 7.58. The molecule has 0 bridgehead atoms. The normalized spacial score (nSPS) is 17.8. The van der Waals surface area contributed by atoms with Gasteiger partial charge in [-0.25, -0.2) is 0 Å². The van der Waals surface area contributed by atoms with E-state index < -0.39 is 5.97 Å². The fourth-order valence-electron chi connectivity index (χ4n) is 2.85. The maximum Gasteiger partial charge on any atom is 0.307 e. The van der Waals surface area contributed by atoms with Crippen LogP contribution in [0.3, 0.4) is 0 Å². The number of benzene rings is 1. The van der Waals surface area contributed by atoms with Crippen LogP contribution in [0.1, 0.15) is 36.8 Å². The molecule has 2 N–H and O–H groups in total. The van der Waals surface area contributed by atoms with Crippen LogP contribution in [-0.2, 0) is 17.8 Å². The monoisotopic (exact) mass is 248 g/mol. The van der Waals surface area contributed by atoms with Crippen LogP contribution in [0.2, 0.25) is 0 Å². The molecule has 0 radical (unpaired) electrons. The highest BCUT2D eigenvalue weighted by molar-refractivity contribution is 5.70. The molecule has 0 spiro atoms. The maximum absolute atomic E-state index is 11.4. The highest BCUT2D eigenvalue weighted by Crippen LogP contribution is 2.33. The molecule has 3 heteroatoms. The van der Waals surface area contributed by atoms with E-state index in [0.717, 1.165) is 36.8 Å². The lowest BCUT2D eigenvalue weighted by Crippen LogP contribution is -2.24. The van der Waals surface area contributed by atoms with Crippen molar-refractivity contribution in [1.82, 2.24) is 0 Å². The third-order valence-corrected chi connectivity index (χ3v) is 3.95. The number of hydrogen-bond donors (Lipinski definition) is 2. The van der Waals surface area contributed by atoms with Crippen LogP contribution in [0.15, 0.2) is 24.3 Å². The molecule has 18 heavy (non-hydrogen) atoms. The van der Waals surface area contributed by atoms with Crippen LogP contribution in [-0.4, -0.2) is 16.2 Å². The zero-order valence-corrected chi connectivity index (χ0v) is 10.5. The average molecular weight is 248 g/mol. The van der Waals surface area contributed by atoms with E-state index in [4.69, 9.17) is 5.11 Å². The van der Waals surface area contributed by atoms with Gasteiger partial charge in [-0.2, -0.15) is 0 Å². The molecule has 1 aromatic carbocycles. The Morgan fingerprint density at radius 3 is 2.22 bits per heavy atom. The molecule has 98 valence electrons. The van der Waals surface area contributed by atoms with E-state index in [0.29, 0.717) is 12.3 Å². The molecule has 1 aromatic rings. The summed E-state index contributed by atoms with van der Waals surface area (Å²) in [6.45, 7) is 0.0330. The van der Waals surface area contributed by atoms with Crippen molar-refractivity contribution >= 4 is 5.97 Å². The van der Waals surface area contributed by atoms with Crippen molar-refractivity contribution in [2.24, 2.45) is 11.8 Å². The van der Waals surface area contributed by atoms with Gasteiger partial charge < -0.3 is 10.2 Å². The highest BCUT2D eigenvalue weighted by atomic mass is 16.4. The molecule has 1 aliphatic rings. The van der Waals surface area contributed by atoms with Crippen molar-refractivity contribution in [2.45, 2.75) is 38.7 Å². The molecule has 1 unspecified atom stereocenters. The smallest absolute Gasteiger partial charge is 0.307 e. The number of aliphatic hydroxyl groups is 1. The lowest BCUT2D eigenvalue weighted by atomic mass is 9.85. The van der Waals surface area contributed by atoms with E-state index in [-0.39, 0.29) is 12.5 Å². The Balaban J connectivity index is 2.05. The summed E-state index contributed by atoms with van der Waals surface area (Å²) in [5, 5.41) is 18.3. The van der Waals surface area contributed by atoms with E-state index in [9.17, 15) is 9.90 Å². The van der Waals surface area contributed by atoms with Gasteiger partial charge in [-0.15, -0.1) is 0 Å². The maximum atomic E-state index is 11.4. The van der Waals surface area contributed by atoms with Crippen LogP contribution in [0.25, 0.3) is 0 Å². The van der Waals surface area contributed by atoms with Crippen molar-refractivity contribution < 1.29 is 15.0 Å². The second kappa shape index (κ2) is 6.01. The van der Waals surface area contributed by atoms with Crippen molar-refractivity contribution in [1.29, 1.82) is 0 Å². The molecular weight excluding hydrogens is 228 g/mol. The first kappa shape index (κ1) is 13.1. The van der Waals surface area contributed by atoms with E-state index >= 15 is 0 Å². The lowest BCUT2D eigenvalue weighted by Gasteiger charge is -2.19. The number of aliphatic hydroxyl groups excluding tert-OH is 1. The molecule has 1 fully saturated rings. The predicted octanol–water partition coefficient (Wildman–Crippen LogP) is 2.61. The first-order valence-electron chi connectivity index (χ1n) is 6.62. The summed E-state index contributed by atoms with van der Waals surface area (Å²) in [7, 11) is 0. The van der Waals surface area contributed by atoms with Gasteiger partial charge in [0.1, 0.15) is 0 Å². The number of carboxylic acids is 1. The number of carbonyl (C=O) groups is 1. The van der Waals surface area contributed by atoms with Gasteiger partial charge in [0.25, 0.3) is 0 Å². The quantitative estimate of drug-likeness (QED) is 0.842. The van der Waals surface area contributed by atoms with Crippen LogP contribution in [0.5, 0.6) is 0 Å². The van der Waals surface area contributed by atoms with Crippen molar-refractivity contribution in [3.8, 4) is 0 Å². The fourth-order valence-corrected chi connectivity index (χ4v) is 2.85. The van der Waals surface area contributed by atoms with Gasteiger partial charge in [0.05, 0.1) is 12.5 Å². The van der Waals surface area contributed by atoms with Gasteiger partial charge in [-0.3, -0.25) is 4.79 Å². The minimum absolute atomic E-state index is 0.0330. The number of hydrogen-bond acceptors (Lipinski definition) is 2. The van der Waals surface area contributed by atoms with Gasteiger partial charge in [-0.05, 0) is 36.3 Å². The summed E-state index contributed by atoms with van der Waals surface area (Å²) < 4.78 is 0. The van der Waals surface area contributed by atoms with Crippen LogP contribution < -0.4 is 0 Å². The van der Waals surface area contributed by atoms with Gasteiger partial charge in [0, 0.05) is 0 Å². The van der Waals surface area contributed by atoms with Crippen molar-refractivity contribution in [3.05, 3.63) is 35.4 Å². The Bertz CT molecular complexity index is 391. The molecule has 0 aromatic heterocycles. The summed E-state index contributed by atoms with van der Waals surface area (Å²) >= 11 is 0. The Morgan fingerprint density at radius 2 is 1.72 bits per heavy atom. The second-order valence-corrected chi connectivity index (χ2v) is 5.17. The van der Waals surface area contributed by atoms with Gasteiger partial charge in [0.15, 0.2) is 0 Å². The first-order chi connectivity index (χ1) is 8.70. The first-order valence-corrected chi connectivity index (χ1v) is 6.62. The Kier molecular flexibility index (Phi) is 4.37. The Labute approximate surface area is 107 Å². The molecule has 0 aliphatic heterocycles. The minimum atomic E-state index is -0.673. The fraction of sp³-hybridized carbons (Fsp3) is 0.533. The van der Waals surface area contributed by atoms with Gasteiger partial charge in [0.2, 0.25) is 0 Å². The average Bonchev–Trinajstić information content (AvgIpc) is 2.90. The van der Waals surface area contributed by atoms with Crippen LogP contribution in [0, 0.1) is 11.8 Å². The molecule has 2 rings (SSSR count). The number of rotatable bonds is 5. The Morgan fingerprint density at radius 1 is 1.17 bits per heavy atom. The summed E-state index contributed by atoms with van der Waals surface area (Å²) in [4.78, 5) is 11.4. The third kappa shape index (κ3) is 3.10. The molecule has 0 saturated heterocycles. The molecular formula is C15H20O3. The molecule has 1 aliphatic carbocycles. The summed E-state index contributed by atoms with van der Waals surface area (Å²) in [5.74, 6) is -0.597. The van der Waals surface area contributed by atoms with Gasteiger partial charge >= 0.3 is 5.97 Å². The van der Waals surface area contributed by atoms with Gasteiger partial charge in [-0.1, -0.05) is 37.1 Å². The lowest BCUT2D eigenvalue weighted by molar-refractivity contribution is -0.143. The molecule has 1 atom stereocenters. The van der Waals surface area contributed by atoms with E-state index in [2.05, 4.69) is 0 Å². The topological polar surface area (TPSA) is 57.5 Å². The SMILES string of the molecule is O=C(O)C(Cc1ccc(CO)cc1)C1CCCC1. The molecule has 1 saturated carbocycles. The highest BCUT2D eigenvalue weighted by Gasteiger charge is 2.30. The molecule has 0 heterocycles. The summed E-state index contributed by atoms with van der Waals surface area (Å²) in [5.41, 5.74) is 1.91. The molecule has 0 amide bonds. The Hall–Kier alpha value is -1.35. The van der Waals surface area contributed by atoms with E-state index in [1.165, 1.54) is 0 Å². The molecule has 3 nitrogen and oxygen atoms in total. The van der Waals surface area contributed by atoms with Crippen LogP contribution >= 0.6 is 0 Å². The second-order valence-electron chi connectivity index (χ2n) is 5.17. The van der Waals surface area contributed by atoms with Crippen molar-refractivity contribution in [2.75, 3.05) is 0 Å². The largest absolute Gasteiger partial charge is 0.481 e. The van der Waals surface area contributed by atoms with E-state index in [1.54, 1.807) is 0 Å². The van der Waals surface area contributed by atoms with Crippen molar-refractivity contribution in [3.63, 3.8) is 0 Å². The van der Waals surface area contributed by atoms with Crippen LogP contribution in [0.4, 0.5) is 0 Å². The minimum Gasteiger partial charge on any atom is -0.481 e. The third-order valence-electron chi connectivity index (χ3n) is 3.95. The standard InChI is InChI=1S/C15H20O3/c16-10-12-7-5-11(6-8-12)9-14(15(17)18)13-3-1-2-4-13/h5-8,13-14,16H,1-4,9-10H2,(H,17,18). The number of aliphatic carboxylic acids is 1.